The number of ether oxygens (including phenoxy) is 2. The third kappa shape index (κ3) is 2.78. The Morgan fingerprint density at radius 3 is 2.58 bits per heavy atom. The standard InChI is InChI=1S/C13H10BrClO3S/c1-17-10-6-7(5-9(15)12(10)18-2)11(16)13-8(14)3-4-19-13/h3-6H,1-2H3. The van der Waals surface area contributed by atoms with Crippen LogP contribution in [0.4, 0.5) is 0 Å². The van der Waals surface area contributed by atoms with Gasteiger partial charge >= 0.3 is 0 Å². The molecule has 2 aromatic rings. The van der Waals surface area contributed by atoms with Gasteiger partial charge in [0.05, 0.1) is 24.1 Å². The lowest BCUT2D eigenvalue weighted by molar-refractivity contribution is 0.104. The van der Waals surface area contributed by atoms with Crippen molar-refractivity contribution in [1.82, 2.24) is 0 Å². The van der Waals surface area contributed by atoms with Gasteiger partial charge in [0.2, 0.25) is 5.78 Å². The Balaban J connectivity index is 2.49. The smallest absolute Gasteiger partial charge is 0.204 e. The van der Waals surface area contributed by atoms with Gasteiger partial charge in [-0.1, -0.05) is 11.6 Å². The summed E-state index contributed by atoms with van der Waals surface area (Å²) in [5.74, 6) is 0.752. The molecule has 0 aliphatic rings. The highest BCUT2D eigenvalue weighted by Crippen LogP contribution is 2.37. The molecular weight excluding hydrogens is 352 g/mol. The number of thiophene rings is 1. The topological polar surface area (TPSA) is 35.5 Å². The first kappa shape index (κ1) is 14.4. The van der Waals surface area contributed by atoms with E-state index in [4.69, 9.17) is 21.1 Å². The van der Waals surface area contributed by atoms with Crippen LogP contribution in [0.1, 0.15) is 15.2 Å². The van der Waals surface area contributed by atoms with Crippen molar-refractivity contribution in [2.24, 2.45) is 0 Å². The number of benzene rings is 1. The normalized spacial score (nSPS) is 10.3. The predicted molar refractivity (Wildman–Crippen MR) is 80.0 cm³/mol. The fourth-order valence-corrected chi connectivity index (χ4v) is 3.44. The van der Waals surface area contributed by atoms with Crippen LogP contribution < -0.4 is 9.47 Å². The lowest BCUT2D eigenvalue weighted by Crippen LogP contribution is -2.01. The fraction of sp³-hybridized carbons (Fsp3) is 0.154. The number of rotatable bonds is 4. The molecule has 0 radical (unpaired) electrons. The Labute approximate surface area is 128 Å². The molecule has 2 rings (SSSR count). The van der Waals surface area contributed by atoms with E-state index < -0.39 is 0 Å². The maximum absolute atomic E-state index is 12.4. The first-order chi connectivity index (χ1) is 9.08. The molecule has 0 amide bonds. The minimum absolute atomic E-state index is 0.107. The average Bonchev–Trinajstić information content (AvgIpc) is 2.83. The third-order valence-corrected chi connectivity index (χ3v) is 4.64. The zero-order chi connectivity index (χ0) is 14.0. The Hall–Kier alpha value is -1.04. The van der Waals surface area contributed by atoms with Gasteiger partial charge in [0.25, 0.3) is 0 Å². The van der Waals surface area contributed by atoms with E-state index in [-0.39, 0.29) is 5.78 Å². The number of hydrogen-bond donors (Lipinski definition) is 0. The number of carbonyl (C=O) groups excluding carboxylic acids is 1. The first-order valence-corrected chi connectivity index (χ1v) is 7.32. The molecule has 0 unspecified atom stereocenters. The number of halogens is 2. The van der Waals surface area contributed by atoms with E-state index in [0.717, 1.165) is 4.47 Å². The maximum atomic E-state index is 12.4. The summed E-state index contributed by atoms with van der Waals surface area (Å²) in [7, 11) is 3.00. The van der Waals surface area contributed by atoms with Crippen LogP contribution in [0.5, 0.6) is 11.5 Å². The molecule has 1 heterocycles. The van der Waals surface area contributed by atoms with E-state index in [9.17, 15) is 4.79 Å². The van der Waals surface area contributed by atoms with Gasteiger partial charge < -0.3 is 9.47 Å². The molecule has 19 heavy (non-hydrogen) atoms. The van der Waals surface area contributed by atoms with Gasteiger partial charge in [-0.25, -0.2) is 0 Å². The molecule has 6 heteroatoms. The molecule has 0 spiro atoms. The second kappa shape index (κ2) is 5.94. The minimum atomic E-state index is -0.107. The molecule has 100 valence electrons. The monoisotopic (exact) mass is 360 g/mol. The maximum Gasteiger partial charge on any atom is 0.204 e. The molecule has 0 N–H and O–H groups in total. The molecule has 0 atom stereocenters. The second-order valence-corrected chi connectivity index (χ2v) is 5.80. The van der Waals surface area contributed by atoms with Crippen LogP contribution in [0.2, 0.25) is 5.02 Å². The van der Waals surface area contributed by atoms with Gasteiger partial charge in [-0.3, -0.25) is 4.79 Å². The van der Waals surface area contributed by atoms with E-state index in [1.807, 2.05) is 11.4 Å². The van der Waals surface area contributed by atoms with Crippen LogP contribution in [0, 0.1) is 0 Å². The summed E-state index contributed by atoms with van der Waals surface area (Å²) < 4.78 is 11.1. The Kier molecular flexibility index (Phi) is 4.50. The molecule has 0 aliphatic carbocycles. The lowest BCUT2D eigenvalue weighted by Gasteiger charge is -2.11. The number of hydrogen-bond acceptors (Lipinski definition) is 4. The van der Waals surface area contributed by atoms with Crippen molar-refractivity contribution in [2.45, 2.75) is 0 Å². The van der Waals surface area contributed by atoms with Crippen molar-refractivity contribution in [3.8, 4) is 11.5 Å². The first-order valence-electron chi connectivity index (χ1n) is 5.27. The Morgan fingerprint density at radius 1 is 1.32 bits per heavy atom. The van der Waals surface area contributed by atoms with Crippen LogP contribution in [0.15, 0.2) is 28.1 Å². The average molecular weight is 362 g/mol. The summed E-state index contributed by atoms with van der Waals surface area (Å²) in [5, 5.41) is 2.19. The highest BCUT2D eigenvalue weighted by atomic mass is 79.9. The minimum Gasteiger partial charge on any atom is -0.493 e. The van der Waals surface area contributed by atoms with Gasteiger partial charge in [-0.15, -0.1) is 11.3 Å². The Morgan fingerprint density at radius 2 is 2.05 bits per heavy atom. The molecule has 3 nitrogen and oxygen atoms in total. The van der Waals surface area contributed by atoms with Crippen molar-refractivity contribution in [2.75, 3.05) is 14.2 Å². The van der Waals surface area contributed by atoms with Crippen LogP contribution in [-0.2, 0) is 0 Å². The molecule has 1 aromatic carbocycles. The summed E-state index contributed by atoms with van der Waals surface area (Å²) >= 11 is 10.8. The fourth-order valence-electron chi connectivity index (χ4n) is 1.64. The summed E-state index contributed by atoms with van der Waals surface area (Å²) in [6.45, 7) is 0. The predicted octanol–water partition coefficient (Wildman–Crippen LogP) is 4.41. The molecule has 0 saturated carbocycles. The summed E-state index contributed by atoms with van der Waals surface area (Å²) in [6.07, 6.45) is 0. The molecule has 0 bridgehead atoms. The van der Waals surface area contributed by atoms with Gasteiger partial charge in [0.1, 0.15) is 0 Å². The summed E-state index contributed by atoms with van der Waals surface area (Å²) in [4.78, 5) is 13.0. The highest BCUT2D eigenvalue weighted by Gasteiger charge is 2.18. The zero-order valence-corrected chi connectivity index (χ0v) is 13.4. The SMILES string of the molecule is COc1cc(C(=O)c2sccc2Br)cc(Cl)c1OC. The largest absolute Gasteiger partial charge is 0.493 e. The lowest BCUT2D eigenvalue weighted by atomic mass is 10.1. The Bertz CT molecular complexity index is 624. The van der Waals surface area contributed by atoms with E-state index in [1.54, 1.807) is 12.1 Å². The molecule has 0 saturated heterocycles. The number of carbonyl (C=O) groups is 1. The van der Waals surface area contributed by atoms with E-state index in [0.29, 0.717) is 27.0 Å². The van der Waals surface area contributed by atoms with Crippen LogP contribution >= 0.6 is 38.9 Å². The van der Waals surface area contributed by atoms with Crippen molar-refractivity contribution in [1.29, 1.82) is 0 Å². The van der Waals surface area contributed by atoms with E-state index in [1.165, 1.54) is 25.6 Å². The highest BCUT2D eigenvalue weighted by molar-refractivity contribution is 9.10. The zero-order valence-electron chi connectivity index (χ0n) is 10.2. The van der Waals surface area contributed by atoms with Crippen LogP contribution in [0.25, 0.3) is 0 Å². The van der Waals surface area contributed by atoms with E-state index >= 15 is 0 Å². The molecule has 1 aromatic heterocycles. The quantitative estimate of drug-likeness (QED) is 0.757. The molecule has 0 aliphatic heterocycles. The van der Waals surface area contributed by atoms with Gasteiger partial charge in [-0.05, 0) is 39.5 Å². The summed E-state index contributed by atoms with van der Waals surface area (Å²) in [6, 6.07) is 5.04. The van der Waals surface area contributed by atoms with E-state index in [2.05, 4.69) is 15.9 Å². The summed E-state index contributed by atoms with van der Waals surface area (Å²) in [5.41, 5.74) is 0.464. The van der Waals surface area contributed by atoms with Crippen LogP contribution in [0.3, 0.4) is 0 Å². The second-order valence-electron chi connectivity index (χ2n) is 3.62. The third-order valence-electron chi connectivity index (χ3n) is 2.52. The van der Waals surface area contributed by atoms with Crippen LogP contribution in [-0.4, -0.2) is 20.0 Å². The van der Waals surface area contributed by atoms with Gasteiger partial charge in [0.15, 0.2) is 11.5 Å². The van der Waals surface area contributed by atoms with Crippen molar-refractivity contribution in [3.63, 3.8) is 0 Å². The molecule has 0 fully saturated rings. The van der Waals surface area contributed by atoms with Gasteiger partial charge in [0, 0.05) is 10.0 Å². The molecular formula is C13H10BrClO3S. The van der Waals surface area contributed by atoms with Gasteiger partial charge in [-0.2, -0.15) is 0 Å². The number of ketones is 1. The van der Waals surface area contributed by atoms with Crippen molar-refractivity contribution >= 4 is 44.7 Å². The van der Waals surface area contributed by atoms with Crippen molar-refractivity contribution in [3.05, 3.63) is 43.5 Å². The number of methoxy groups -OCH3 is 2. The van der Waals surface area contributed by atoms with Crippen molar-refractivity contribution < 1.29 is 14.3 Å².